The number of amides is 1. The summed E-state index contributed by atoms with van der Waals surface area (Å²) in [5.41, 5.74) is 0. The number of benzene rings is 1. The van der Waals surface area contributed by atoms with E-state index in [9.17, 15) is 13.2 Å². The van der Waals surface area contributed by atoms with Crippen LogP contribution in [0.4, 0.5) is 0 Å². The van der Waals surface area contributed by atoms with Crippen molar-refractivity contribution in [2.75, 3.05) is 12.4 Å². The van der Waals surface area contributed by atoms with E-state index < -0.39 is 21.5 Å². The van der Waals surface area contributed by atoms with Crippen LogP contribution < -0.4 is 5.32 Å². The molecule has 1 amide bonds. The average Bonchev–Trinajstić information content (AvgIpc) is 2.92. The molecule has 5 nitrogen and oxygen atoms in total. The van der Waals surface area contributed by atoms with E-state index in [2.05, 4.69) is 5.32 Å². The van der Waals surface area contributed by atoms with E-state index in [0.717, 1.165) is 12.8 Å². The Labute approximate surface area is 129 Å². The van der Waals surface area contributed by atoms with Crippen molar-refractivity contribution in [2.24, 2.45) is 0 Å². The monoisotopic (exact) mass is 331 g/mol. The van der Waals surface area contributed by atoms with Crippen LogP contribution in [0, 0.1) is 0 Å². The molecule has 0 aliphatic carbocycles. The zero-order chi connectivity index (χ0) is 15.5. The summed E-state index contributed by atoms with van der Waals surface area (Å²) in [4.78, 5) is 12.0. The largest absolute Gasteiger partial charge is 0.376 e. The van der Waals surface area contributed by atoms with Crippen LogP contribution in [0.3, 0.4) is 0 Å². The quantitative estimate of drug-likeness (QED) is 0.893. The van der Waals surface area contributed by atoms with Crippen LogP contribution in [-0.2, 0) is 19.4 Å². The van der Waals surface area contributed by atoms with Crippen molar-refractivity contribution in [2.45, 2.75) is 36.8 Å². The van der Waals surface area contributed by atoms with Gasteiger partial charge < -0.3 is 10.1 Å². The number of hydrogen-bond donors (Lipinski definition) is 1. The molecule has 0 radical (unpaired) electrons. The second-order valence-corrected chi connectivity index (χ2v) is 7.55. The summed E-state index contributed by atoms with van der Waals surface area (Å²) < 4.78 is 29.7. The highest BCUT2D eigenvalue weighted by Crippen LogP contribution is 2.17. The van der Waals surface area contributed by atoms with Crippen LogP contribution in [-0.4, -0.2) is 38.8 Å². The van der Waals surface area contributed by atoms with Gasteiger partial charge in [-0.25, -0.2) is 8.42 Å². The molecule has 0 spiro atoms. The molecule has 0 saturated carbocycles. The Morgan fingerprint density at radius 3 is 2.67 bits per heavy atom. The first-order chi connectivity index (χ1) is 9.88. The second-order valence-electron chi connectivity index (χ2n) is 5.12. The summed E-state index contributed by atoms with van der Waals surface area (Å²) in [6.07, 6.45) is 1.81. The van der Waals surface area contributed by atoms with Gasteiger partial charge in [-0.3, -0.25) is 4.79 Å². The molecule has 7 heteroatoms. The highest BCUT2D eigenvalue weighted by Gasteiger charge is 2.26. The summed E-state index contributed by atoms with van der Waals surface area (Å²) in [5, 5.41) is 3.14. The lowest BCUT2D eigenvalue weighted by Crippen LogP contribution is -2.43. The standard InChI is InChI=1S/C14H18ClNO4S/c1-10(13-3-2-8-20-13)16-14(17)9-21(18,19)12-6-4-11(15)5-7-12/h4-7,10,13H,2-3,8-9H2,1H3,(H,16,17). The molecule has 2 unspecified atom stereocenters. The lowest BCUT2D eigenvalue weighted by Gasteiger charge is -2.19. The number of ether oxygens (including phenoxy) is 1. The molecule has 0 bridgehead atoms. The molecule has 1 N–H and O–H groups in total. The third-order valence-electron chi connectivity index (χ3n) is 3.41. The van der Waals surface area contributed by atoms with Crippen LogP contribution >= 0.6 is 11.6 Å². The molecule has 2 rings (SSSR count). The molecule has 1 aromatic rings. The molecule has 21 heavy (non-hydrogen) atoms. The third kappa shape index (κ3) is 4.43. The average molecular weight is 332 g/mol. The Balaban J connectivity index is 1.96. The molecule has 1 heterocycles. The van der Waals surface area contributed by atoms with Crippen molar-refractivity contribution in [3.63, 3.8) is 0 Å². The van der Waals surface area contributed by atoms with Crippen LogP contribution in [0.1, 0.15) is 19.8 Å². The lowest BCUT2D eigenvalue weighted by atomic mass is 10.1. The van der Waals surface area contributed by atoms with Crippen LogP contribution in [0.2, 0.25) is 5.02 Å². The predicted molar refractivity (Wildman–Crippen MR) is 80.1 cm³/mol. The summed E-state index contributed by atoms with van der Waals surface area (Å²) in [6, 6.07) is 5.58. The van der Waals surface area contributed by atoms with E-state index in [1.54, 1.807) is 0 Å². The van der Waals surface area contributed by atoms with Gasteiger partial charge >= 0.3 is 0 Å². The van der Waals surface area contributed by atoms with Crippen molar-refractivity contribution < 1.29 is 17.9 Å². The normalized spacial score (nSPS) is 20.2. The molecule has 1 aromatic carbocycles. The lowest BCUT2D eigenvalue weighted by molar-refractivity contribution is -0.120. The topological polar surface area (TPSA) is 72.5 Å². The smallest absolute Gasteiger partial charge is 0.235 e. The van der Waals surface area contributed by atoms with Gasteiger partial charge in [-0.15, -0.1) is 0 Å². The highest BCUT2D eigenvalue weighted by molar-refractivity contribution is 7.92. The van der Waals surface area contributed by atoms with Gasteiger partial charge in [-0.1, -0.05) is 11.6 Å². The number of sulfone groups is 1. The van der Waals surface area contributed by atoms with Crippen molar-refractivity contribution in [3.05, 3.63) is 29.3 Å². The first-order valence-electron chi connectivity index (χ1n) is 6.78. The molecule has 116 valence electrons. The van der Waals surface area contributed by atoms with Crippen molar-refractivity contribution >= 4 is 27.3 Å². The first-order valence-corrected chi connectivity index (χ1v) is 8.81. The van der Waals surface area contributed by atoms with Crippen molar-refractivity contribution in [3.8, 4) is 0 Å². The van der Waals surface area contributed by atoms with Crippen LogP contribution in [0.15, 0.2) is 29.2 Å². The summed E-state index contributed by atoms with van der Waals surface area (Å²) in [5.74, 6) is -1.10. The third-order valence-corrected chi connectivity index (χ3v) is 5.29. The molecule has 0 aromatic heterocycles. The fraction of sp³-hybridized carbons (Fsp3) is 0.500. The molecule has 1 fully saturated rings. The van der Waals surface area contributed by atoms with Gasteiger partial charge in [0.2, 0.25) is 5.91 Å². The number of carbonyl (C=O) groups is 1. The van der Waals surface area contributed by atoms with E-state index in [-0.39, 0.29) is 17.0 Å². The van der Waals surface area contributed by atoms with E-state index in [4.69, 9.17) is 16.3 Å². The fourth-order valence-electron chi connectivity index (χ4n) is 2.28. The minimum Gasteiger partial charge on any atom is -0.376 e. The van der Waals surface area contributed by atoms with E-state index >= 15 is 0 Å². The second kappa shape index (κ2) is 6.77. The summed E-state index contributed by atoms with van der Waals surface area (Å²) >= 11 is 5.72. The maximum absolute atomic E-state index is 12.1. The maximum atomic E-state index is 12.1. The Morgan fingerprint density at radius 2 is 2.10 bits per heavy atom. The van der Waals surface area contributed by atoms with Gasteiger partial charge in [0, 0.05) is 11.6 Å². The molecule has 1 saturated heterocycles. The Kier molecular flexibility index (Phi) is 5.24. The van der Waals surface area contributed by atoms with Gasteiger partial charge in [0.05, 0.1) is 17.0 Å². The Hall–Kier alpha value is -1.11. The number of nitrogens with one attached hydrogen (secondary N) is 1. The minimum absolute atomic E-state index is 0.0350. The number of rotatable bonds is 5. The predicted octanol–water partition coefficient (Wildman–Crippen LogP) is 1.80. The van der Waals surface area contributed by atoms with Gasteiger partial charge in [-0.2, -0.15) is 0 Å². The SMILES string of the molecule is CC(NC(=O)CS(=O)(=O)c1ccc(Cl)cc1)C1CCCO1. The van der Waals surface area contributed by atoms with Crippen LogP contribution in [0.25, 0.3) is 0 Å². The molecule has 1 aliphatic rings. The summed E-state index contributed by atoms with van der Waals surface area (Å²) in [7, 11) is -3.66. The first kappa shape index (κ1) is 16.3. The zero-order valence-corrected chi connectivity index (χ0v) is 13.3. The zero-order valence-electron chi connectivity index (χ0n) is 11.7. The number of halogens is 1. The summed E-state index contributed by atoms with van der Waals surface area (Å²) in [6.45, 7) is 2.51. The van der Waals surface area contributed by atoms with Gasteiger partial charge in [0.15, 0.2) is 9.84 Å². The Morgan fingerprint density at radius 1 is 1.43 bits per heavy atom. The molecule has 1 aliphatic heterocycles. The number of carbonyl (C=O) groups excluding carboxylic acids is 1. The van der Waals surface area contributed by atoms with E-state index in [0.29, 0.717) is 11.6 Å². The molecular weight excluding hydrogens is 314 g/mol. The fourth-order valence-corrected chi connectivity index (χ4v) is 3.56. The van der Waals surface area contributed by atoms with Gasteiger partial charge in [0.25, 0.3) is 0 Å². The van der Waals surface area contributed by atoms with Crippen LogP contribution in [0.5, 0.6) is 0 Å². The van der Waals surface area contributed by atoms with Gasteiger partial charge in [0.1, 0.15) is 5.75 Å². The van der Waals surface area contributed by atoms with E-state index in [1.807, 2.05) is 6.92 Å². The Bertz CT molecular complexity index is 594. The maximum Gasteiger partial charge on any atom is 0.235 e. The van der Waals surface area contributed by atoms with Crippen molar-refractivity contribution in [1.29, 1.82) is 0 Å². The molecule has 2 atom stereocenters. The molecular formula is C14H18ClNO4S. The highest BCUT2D eigenvalue weighted by atomic mass is 35.5. The number of hydrogen-bond acceptors (Lipinski definition) is 4. The van der Waals surface area contributed by atoms with Crippen molar-refractivity contribution in [1.82, 2.24) is 5.32 Å². The van der Waals surface area contributed by atoms with Gasteiger partial charge in [-0.05, 0) is 44.0 Å². The minimum atomic E-state index is -3.66. The van der Waals surface area contributed by atoms with E-state index in [1.165, 1.54) is 24.3 Å².